The topological polar surface area (TPSA) is 49.3 Å². The Balaban J connectivity index is 1.37. The second-order valence-corrected chi connectivity index (χ2v) is 7.96. The molecule has 1 aliphatic heterocycles. The zero-order chi connectivity index (χ0) is 16.5. The fourth-order valence-electron chi connectivity index (χ4n) is 3.50. The minimum Gasteiger partial charge on any atom is -0.353 e. The van der Waals surface area contributed by atoms with Crippen molar-refractivity contribution in [1.82, 2.24) is 15.1 Å². The molecule has 3 heterocycles. The molecular formula is C18H22N4OS. The molecule has 2 aliphatic rings. The Morgan fingerprint density at radius 1 is 1.21 bits per heavy atom. The summed E-state index contributed by atoms with van der Waals surface area (Å²) < 4.78 is 0. The van der Waals surface area contributed by atoms with Gasteiger partial charge < -0.3 is 9.80 Å². The number of aromatic nitrogens is 2. The molecule has 126 valence electrons. The Hall–Kier alpha value is -1.95. The normalized spacial score (nSPS) is 23.9. The van der Waals surface area contributed by atoms with Crippen molar-refractivity contribution in [1.29, 1.82) is 0 Å². The summed E-state index contributed by atoms with van der Waals surface area (Å²) in [6.45, 7) is 5.52. The molecule has 0 unspecified atom stereocenters. The molecule has 0 spiro atoms. The average molecular weight is 342 g/mol. The van der Waals surface area contributed by atoms with Crippen LogP contribution < -0.4 is 4.90 Å². The van der Waals surface area contributed by atoms with Gasteiger partial charge in [-0.25, -0.2) is 0 Å². The van der Waals surface area contributed by atoms with E-state index in [1.165, 1.54) is 9.75 Å². The Kier molecular flexibility index (Phi) is 4.22. The Bertz CT molecular complexity index is 717. The van der Waals surface area contributed by atoms with Crippen LogP contribution in [0.4, 0.5) is 5.82 Å². The zero-order valence-corrected chi connectivity index (χ0v) is 14.7. The molecule has 0 aromatic carbocycles. The first-order valence-corrected chi connectivity index (χ1v) is 9.42. The lowest BCUT2D eigenvalue weighted by Crippen LogP contribution is -2.36. The first-order valence-electron chi connectivity index (χ1n) is 8.60. The van der Waals surface area contributed by atoms with E-state index in [-0.39, 0.29) is 5.92 Å². The van der Waals surface area contributed by atoms with Crippen LogP contribution in [0, 0.1) is 12.8 Å². The third-order valence-corrected chi connectivity index (χ3v) is 6.06. The number of anilines is 1. The van der Waals surface area contributed by atoms with Gasteiger partial charge in [0.15, 0.2) is 5.82 Å². The average Bonchev–Trinajstić information content (AvgIpc) is 3.35. The van der Waals surface area contributed by atoms with Crippen LogP contribution in [0.5, 0.6) is 0 Å². The van der Waals surface area contributed by atoms with Gasteiger partial charge >= 0.3 is 0 Å². The molecule has 0 N–H and O–H groups in total. The van der Waals surface area contributed by atoms with Crippen LogP contribution in [0.3, 0.4) is 0 Å². The van der Waals surface area contributed by atoms with E-state index in [1.54, 1.807) is 6.20 Å². The molecule has 24 heavy (non-hydrogen) atoms. The summed E-state index contributed by atoms with van der Waals surface area (Å²) in [5.41, 5.74) is 0. The highest BCUT2D eigenvalue weighted by Gasteiger charge is 2.46. The van der Waals surface area contributed by atoms with Crippen LogP contribution in [0.1, 0.15) is 28.5 Å². The fraction of sp³-hybridized carbons (Fsp3) is 0.500. The highest BCUT2D eigenvalue weighted by atomic mass is 32.1. The van der Waals surface area contributed by atoms with Crippen LogP contribution in [-0.2, 0) is 4.79 Å². The monoisotopic (exact) mass is 342 g/mol. The number of carbonyl (C=O) groups excluding carboxylic acids is 1. The van der Waals surface area contributed by atoms with Gasteiger partial charge in [-0.2, -0.15) is 5.10 Å². The predicted octanol–water partition coefficient (Wildman–Crippen LogP) is 2.69. The molecule has 2 atom stereocenters. The maximum atomic E-state index is 12.8. The Morgan fingerprint density at radius 3 is 2.88 bits per heavy atom. The van der Waals surface area contributed by atoms with Crippen molar-refractivity contribution in [2.24, 2.45) is 5.92 Å². The van der Waals surface area contributed by atoms with E-state index in [1.807, 2.05) is 23.5 Å². The Labute approximate surface area is 146 Å². The summed E-state index contributed by atoms with van der Waals surface area (Å²) >= 11 is 1.83. The number of aryl methyl sites for hydroxylation is 1. The van der Waals surface area contributed by atoms with Crippen molar-refractivity contribution in [2.75, 3.05) is 31.1 Å². The third-order valence-electron chi connectivity index (χ3n) is 4.92. The number of nitrogens with zero attached hydrogens (tertiary/aromatic N) is 4. The van der Waals surface area contributed by atoms with Gasteiger partial charge in [-0.1, -0.05) is 0 Å². The van der Waals surface area contributed by atoms with Crippen LogP contribution in [0.2, 0.25) is 0 Å². The lowest BCUT2D eigenvalue weighted by Gasteiger charge is -2.22. The van der Waals surface area contributed by atoms with Crippen LogP contribution >= 0.6 is 11.3 Å². The maximum Gasteiger partial charge on any atom is 0.226 e. The van der Waals surface area contributed by atoms with Crippen molar-refractivity contribution < 1.29 is 4.79 Å². The summed E-state index contributed by atoms with van der Waals surface area (Å²) in [5, 5.41) is 8.15. The zero-order valence-electron chi connectivity index (χ0n) is 13.9. The van der Waals surface area contributed by atoms with Crippen molar-refractivity contribution >= 4 is 23.1 Å². The summed E-state index contributed by atoms with van der Waals surface area (Å²) in [6, 6.07) is 8.25. The smallest absolute Gasteiger partial charge is 0.226 e. The molecule has 5 nitrogen and oxygen atoms in total. The lowest BCUT2D eigenvalue weighted by atomic mass is 10.2. The standard InChI is InChI=1S/C18H22N4OS/c1-13-5-6-16(24-13)14-12-15(14)18(23)22-9-3-8-21(10-11-22)17-4-2-7-19-20-17/h2,4-7,14-15H,3,8-12H2,1H3/t14-,15-/m0/s1. The number of amides is 1. The molecule has 2 aromatic heterocycles. The highest BCUT2D eigenvalue weighted by molar-refractivity contribution is 7.12. The molecule has 1 saturated heterocycles. The number of hydrogen-bond acceptors (Lipinski definition) is 5. The molecule has 6 heteroatoms. The molecule has 2 aromatic rings. The van der Waals surface area contributed by atoms with Gasteiger partial charge in [0.25, 0.3) is 0 Å². The Morgan fingerprint density at radius 2 is 2.12 bits per heavy atom. The first-order chi connectivity index (χ1) is 11.7. The minimum atomic E-state index is 0.200. The quantitative estimate of drug-likeness (QED) is 0.860. The number of hydrogen-bond donors (Lipinski definition) is 0. The van der Waals surface area contributed by atoms with E-state index in [2.05, 4.69) is 39.1 Å². The van der Waals surface area contributed by atoms with Gasteiger partial charge in [0.05, 0.1) is 0 Å². The van der Waals surface area contributed by atoms with Gasteiger partial charge in [-0.15, -0.1) is 16.4 Å². The van der Waals surface area contributed by atoms with Crippen molar-refractivity contribution in [3.05, 3.63) is 40.2 Å². The summed E-state index contributed by atoms with van der Waals surface area (Å²) in [6.07, 6.45) is 3.69. The second-order valence-electron chi connectivity index (χ2n) is 6.64. The second kappa shape index (κ2) is 6.51. The molecule has 4 rings (SSSR count). The van der Waals surface area contributed by atoms with Crippen LogP contribution in [-0.4, -0.2) is 47.2 Å². The molecule has 1 amide bonds. The van der Waals surface area contributed by atoms with E-state index in [0.29, 0.717) is 11.8 Å². The first kappa shape index (κ1) is 15.6. The summed E-state index contributed by atoms with van der Waals surface area (Å²) in [4.78, 5) is 19.8. The lowest BCUT2D eigenvalue weighted by molar-refractivity contribution is -0.132. The highest BCUT2D eigenvalue weighted by Crippen LogP contribution is 2.50. The SMILES string of the molecule is Cc1ccc([C@H]2C[C@@H]2C(=O)N2CCCN(c3cccnn3)CC2)s1. The number of thiophene rings is 1. The minimum absolute atomic E-state index is 0.200. The van der Waals surface area contributed by atoms with Gasteiger partial charge in [0.2, 0.25) is 5.91 Å². The molecule has 0 radical (unpaired) electrons. The largest absolute Gasteiger partial charge is 0.353 e. The van der Waals surface area contributed by atoms with Crippen molar-refractivity contribution in [3.8, 4) is 0 Å². The fourth-order valence-corrected chi connectivity index (χ4v) is 4.55. The molecule has 1 saturated carbocycles. The van der Waals surface area contributed by atoms with E-state index in [9.17, 15) is 4.79 Å². The van der Waals surface area contributed by atoms with E-state index < -0.39 is 0 Å². The van der Waals surface area contributed by atoms with Crippen LogP contribution in [0.25, 0.3) is 0 Å². The van der Waals surface area contributed by atoms with Gasteiger partial charge in [0, 0.05) is 54.0 Å². The van der Waals surface area contributed by atoms with Gasteiger partial charge in [0.1, 0.15) is 0 Å². The molecular weight excluding hydrogens is 320 g/mol. The third kappa shape index (κ3) is 3.15. The van der Waals surface area contributed by atoms with Gasteiger partial charge in [-0.05, 0) is 44.0 Å². The van der Waals surface area contributed by atoms with Gasteiger partial charge in [-0.3, -0.25) is 4.79 Å². The van der Waals surface area contributed by atoms with Crippen LogP contribution in [0.15, 0.2) is 30.5 Å². The maximum absolute atomic E-state index is 12.8. The van der Waals surface area contributed by atoms with E-state index in [4.69, 9.17) is 0 Å². The van der Waals surface area contributed by atoms with Crippen molar-refractivity contribution in [2.45, 2.75) is 25.7 Å². The number of rotatable bonds is 3. The summed E-state index contributed by atoms with van der Waals surface area (Å²) in [7, 11) is 0. The summed E-state index contributed by atoms with van der Waals surface area (Å²) in [5.74, 6) is 1.90. The van der Waals surface area contributed by atoms with E-state index in [0.717, 1.165) is 44.8 Å². The molecule has 0 bridgehead atoms. The predicted molar refractivity (Wildman–Crippen MR) is 95.3 cm³/mol. The van der Waals surface area contributed by atoms with Crippen molar-refractivity contribution in [3.63, 3.8) is 0 Å². The molecule has 1 aliphatic carbocycles. The van der Waals surface area contributed by atoms with E-state index >= 15 is 0 Å². The molecule has 2 fully saturated rings. The number of carbonyl (C=O) groups is 1.